The third-order valence-corrected chi connectivity index (χ3v) is 4.59. The molecule has 0 amide bonds. The lowest BCUT2D eigenvalue weighted by Crippen LogP contribution is -2.21. The molecule has 17 heavy (non-hydrogen) atoms. The molecule has 0 saturated carbocycles. The molecule has 0 aromatic carbocycles. The van der Waals surface area contributed by atoms with Gasteiger partial charge in [0.15, 0.2) is 0 Å². The molecule has 2 N–H and O–H groups in total. The molecule has 1 aliphatic rings. The van der Waals surface area contributed by atoms with Crippen molar-refractivity contribution in [1.29, 1.82) is 0 Å². The number of hydrogen-bond acceptors (Lipinski definition) is 4. The van der Waals surface area contributed by atoms with E-state index in [1.165, 1.54) is 4.88 Å². The van der Waals surface area contributed by atoms with Crippen LogP contribution in [0.25, 0.3) is 0 Å². The Balaban J connectivity index is 2.41. The molecule has 1 atom stereocenters. The van der Waals surface area contributed by atoms with Crippen molar-refractivity contribution in [3.05, 3.63) is 15.6 Å². The second-order valence-corrected chi connectivity index (χ2v) is 7.01. The predicted octanol–water partition coefficient (Wildman–Crippen LogP) is 2.92. The molecule has 0 radical (unpaired) electrons. The van der Waals surface area contributed by atoms with Crippen molar-refractivity contribution < 1.29 is 4.74 Å². The molecule has 0 aliphatic carbocycles. The second kappa shape index (κ2) is 4.34. The first kappa shape index (κ1) is 13.0. The number of ether oxygens (including phenoxy) is 1. The quantitative estimate of drug-likeness (QED) is 0.882. The summed E-state index contributed by atoms with van der Waals surface area (Å²) in [5.74, 6) is 0. The highest BCUT2D eigenvalue weighted by Gasteiger charge is 2.36. The van der Waals surface area contributed by atoms with E-state index in [0.29, 0.717) is 6.54 Å². The van der Waals surface area contributed by atoms with Crippen molar-refractivity contribution in [3.63, 3.8) is 0 Å². The van der Waals surface area contributed by atoms with Crippen LogP contribution in [0.3, 0.4) is 0 Å². The highest BCUT2D eigenvalue weighted by atomic mass is 32.1. The van der Waals surface area contributed by atoms with E-state index in [9.17, 15) is 0 Å². The molecule has 1 aromatic heterocycles. The largest absolute Gasteiger partial charge is 0.368 e. The lowest BCUT2D eigenvalue weighted by atomic mass is 9.91. The van der Waals surface area contributed by atoms with Crippen molar-refractivity contribution in [3.8, 4) is 0 Å². The van der Waals surface area contributed by atoms with Gasteiger partial charge in [0.2, 0.25) is 0 Å². The molecule has 0 spiro atoms. The van der Waals surface area contributed by atoms with Gasteiger partial charge in [-0.15, -0.1) is 11.3 Å². The third kappa shape index (κ3) is 2.39. The van der Waals surface area contributed by atoms with Gasteiger partial charge in [-0.05, 0) is 19.8 Å². The van der Waals surface area contributed by atoms with Gasteiger partial charge in [-0.25, -0.2) is 4.98 Å². The van der Waals surface area contributed by atoms with E-state index in [0.717, 1.165) is 30.2 Å². The Kier molecular flexibility index (Phi) is 3.31. The average Bonchev–Trinajstić information content (AvgIpc) is 2.82. The first-order valence-corrected chi connectivity index (χ1v) is 7.03. The van der Waals surface area contributed by atoms with Gasteiger partial charge in [-0.2, -0.15) is 0 Å². The van der Waals surface area contributed by atoms with Crippen LogP contribution in [0.5, 0.6) is 0 Å². The van der Waals surface area contributed by atoms with Crippen LogP contribution in [0, 0.1) is 0 Å². The van der Waals surface area contributed by atoms with Gasteiger partial charge in [0, 0.05) is 23.4 Å². The van der Waals surface area contributed by atoms with Gasteiger partial charge in [0.25, 0.3) is 0 Å². The summed E-state index contributed by atoms with van der Waals surface area (Å²) in [6, 6.07) is 0. The van der Waals surface area contributed by atoms with Crippen molar-refractivity contribution in [2.75, 3.05) is 6.61 Å². The van der Waals surface area contributed by atoms with E-state index < -0.39 is 0 Å². The summed E-state index contributed by atoms with van der Waals surface area (Å²) >= 11 is 1.72. The average molecular weight is 254 g/mol. The molecule has 3 nitrogen and oxygen atoms in total. The highest BCUT2D eigenvalue weighted by molar-refractivity contribution is 7.11. The lowest BCUT2D eigenvalue weighted by molar-refractivity contribution is 0.0164. The Bertz CT molecular complexity index is 400. The molecule has 1 aromatic rings. The molecular formula is C13H22N2OS. The Morgan fingerprint density at radius 2 is 2.18 bits per heavy atom. The predicted molar refractivity (Wildman–Crippen MR) is 71.2 cm³/mol. The summed E-state index contributed by atoms with van der Waals surface area (Å²) in [6.45, 7) is 10.1. The summed E-state index contributed by atoms with van der Waals surface area (Å²) in [6.07, 6.45) is 2.19. The van der Waals surface area contributed by atoms with Crippen LogP contribution in [0.15, 0.2) is 0 Å². The van der Waals surface area contributed by atoms with Gasteiger partial charge < -0.3 is 10.5 Å². The van der Waals surface area contributed by atoms with Crippen LogP contribution in [-0.2, 0) is 22.3 Å². The Morgan fingerprint density at radius 3 is 2.59 bits per heavy atom. The molecule has 0 bridgehead atoms. The zero-order chi connectivity index (χ0) is 12.7. The third-order valence-electron chi connectivity index (χ3n) is 3.26. The normalized spacial score (nSPS) is 25.5. The SMILES string of the molecule is CC(C)(C)c1nc(C2(C)CCCO2)sc1CN. The maximum Gasteiger partial charge on any atom is 0.125 e. The van der Waals surface area contributed by atoms with E-state index in [2.05, 4.69) is 27.7 Å². The van der Waals surface area contributed by atoms with Crippen molar-refractivity contribution in [2.45, 2.75) is 58.1 Å². The van der Waals surface area contributed by atoms with E-state index in [-0.39, 0.29) is 11.0 Å². The second-order valence-electron chi connectivity index (χ2n) is 5.93. The van der Waals surface area contributed by atoms with Crippen LogP contribution < -0.4 is 5.73 Å². The minimum Gasteiger partial charge on any atom is -0.368 e. The Labute approximate surface area is 107 Å². The van der Waals surface area contributed by atoms with Gasteiger partial charge >= 0.3 is 0 Å². The molecule has 4 heteroatoms. The highest BCUT2D eigenvalue weighted by Crippen LogP contribution is 2.40. The number of nitrogens with zero attached hydrogens (tertiary/aromatic N) is 1. The first-order chi connectivity index (χ1) is 7.87. The zero-order valence-corrected chi connectivity index (χ0v) is 12.0. The number of aromatic nitrogens is 1. The molecular weight excluding hydrogens is 232 g/mol. The van der Waals surface area contributed by atoms with E-state index >= 15 is 0 Å². The molecule has 1 aliphatic heterocycles. The van der Waals surface area contributed by atoms with Crippen LogP contribution in [0.2, 0.25) is 0 Å². The van der Waals surface area contributed by atoms with Gasteiger partial charge in [0.05, 0.1) is 5.69 Å². The Morgan fingerprint density at radius 1 is 1.47 bits per heavy atom. The van der Waals surface area contributed by atoms with Crippen molar-refractivity contribution >= 4 is 11.3 Å². The van der Waals surface area contributed by atoms with Gasteiger partial charge in [0.1, 0.15) is 10.6 Å². The van der Waals surface area contributed by atoms with Gasteiger partial charge in [-0.3, -0.25) is 0 Å². The first-order valence-electron chi connectivity index (χ1n) is 6.21. The molecule has 1 fully saturated rings. The molecule has 96 valence electrons. The van der Waals surface area contributed by atoms with Crippen LogP contribution in [-0.4, -0.2) is 11.6 Å². The molecule has 1 saturated heterocycles. The molecule has 1 unspecified atom stereocenters. The number of hydrogen-bond donors (Lipinski definition) is 1. The summed E-state index contributed by atoms with van der Waals surface area (Å²) in [5, 5.41) is 1.10. The van der Waals surface area contributed by atoms with Crippen LogP contribution in [0.4, 0.5) is 0 Å². The lowest BCUT2D eigenvalue weighted by Gasteiger charge is -2.20. The number of nitrogens with two attached hydrogens (primary N) is 1. The minimum atomic E-state index is -0.182. The van der Waals surface area contributed by atoms with Gasteiger partial charge in [-0.1, -0.05) is 20.8 Å². The minimum absolute atomic E-state index is 0.0540. The molecule has 2 heterocycles. The smallest absolute Gasteiger partial charge is 0.125 e. The van der Waals surface area contributed by atoms with Crippen LogP contribution in [0.1, 0.15) is 56.1 Å². The van der Waals surface area contributed by atoms with E-state index in [1.54, 1.807) is 11.3 Å². The Hall–Kier alpha value is -0.450. The standard InChI is InChI=1S/C13H22N2OS/c1-12(2,3)10-9(8-14)17-11(15-10)13(4)6-5-7-16-13/h5-8,14H2,1-4H3. The fourth-order valence-corrected chi connectivity index (χ4v) is 3.53. The van der Waals surface area contributed by atoms with Crippen molar-refractivity contribution in [2.24, 2.45) is 5.73 Å². The van der Waals surface area contributed by atoms with E-state index in [1.807, 2.05) is 0 Å². The summed E-state index contributed by atoms with van der Waals surface area (Å²) in [5.41, 5.74) is 6.84. The number of thiazole rings is 1. The summed E-state index contributed by atoms with van der Waals surface area (Å²) < 4.78 is 5.86. The molecule has 2 rings (SSSR count). The zero-order valence-electron chi connectivity index (χ0n) is 11.2. The maximum absolute atomic E-state index is 5.86. The maximum atomic E-state index is 5.86. The summed E-state index contributed by atoms with van der Waals surface area (Å²) in [4.78, 5) is 6.02. The monoisotopic (exact) mass is 254 g/mol. The van der Waals surface area contributed by atoms with Crippen molar-refractivity contribution in [1.82, 2.24) is 4.98 Å². The van der Waals surface area contributed by atoms with Crippen LogP contribution >= 0.6 is 11.3 Å². The summed E-state index contributed by atoms with van der Waals surface area (Å²) in [7, 11) is 0. The number of rotatable bonds is 2. The fourth-order valence-electron chi connectivity index (χ4n) is 2.25. The van der Waals surface area contributed by atoms with E-state index in [4.69, 9.17) is 15.5 Å². The topological polar surface area (TPSA) is 48.1 Å². The fraction of sp³-hybridized carbons (Fsp3) is 0.769.